The van der Waals surface area contributed by atoms with E-state index in [0.29, 0.717) is 5.95 Å². The minimum atomic E-state index is 0.570. The molecule has 2 rings (SSSR count). The highest BCUT2D eigenvalue weighted by atomic mass is 15.5. The van der Waals surface area contributed by atoms with Crippen molar-refractivity contribution in [2.45, 2.75) is 26.7 Å². The monoisotopic (exact) mass is 216 g/mol. The number of allylic oxidation sites excluding steroid dienone is 1. The van der Waals surface area contributed by atoms with Crippen molar-refractivity contribution in [3.05, 3.63) is 29.7 Å². The van der Waals surface area contributed by atoms with Crippen LogP contribution in [0.5, 0.6) is 0 Å². The van der Waals surface area contributed by atoms with Crippen molar-refractivity contribution < 1.29 is 0 Å². The highest BCUT2D eigenvalue weighted by Crippen LogP contribution is 2.36. The summed E-state index contributed by atoms with van der Waals surface area (Å²) in [5.74, 6) is 1.29. The van der Waals surface area contributed by atoms with Gasteiger partial charge in [0.2, 0.25) is 5.95 Å². The fourth-order valence-corrected chi connectivity index (χ4v) is 1.50. The molecule has 0 N–H and O–H groups in total. The third-order valence-corrected chi connectivity index (χ3v) is 2.67. The van der Waals surface area contributed by atoms with E-state index in [-0.39, 0.29) is 0 Å². The molecule has 1 aromatic heterocycles. The summed E-state index contributed by atoms with van der Waals surface area (Å²) in [6.07, 6.45) is 8.08. The number of hydrogen-bond donors (Lipinski definition) is 0. The minimum Gasteiger partial charge on any atom is -0.219 e. The minimum absolute atomic E-state index is 0.570. The second-order valence-electron chi connectivity index (χ2n) is 4.19. The zero-order valence-electron chi connectivity index (χ0n) is 9.72. The maximum absolute atomic E-state index is 4.22. The van der Waals surface area contributed by atoms with Crippen molar-refractivity contribution >= 4 is 12.7 Å². The van der Waals surface area contributed by atoms with Crippen LogP contribution in [0.4, 0.5) is 5.95 Å². The summed E-state index contributed by atoms with van der Waals surface area (Å²) in [6, 6.07) is 0. The lowest BCUT2D eigenvalue weighted by Crippen LogP contribution is -2.11. The van der Waals surface area contributed by atoms with E-state index in [1.54, 1.807) is 17.4 Å². The number of hydrazone groups is 1. The molecular weight excluding hydrogens is 200 g/mol. The number of aromatic nitrogens is 2. The van der Waals surface area contributed by atoms with Crippen LogP contribution in [0.15, 0.2) is 29.3 Å². The second-order valence-corrected chi connectivity index (χ2v) is 4.19. The molecule has 1 fully saturated rings. The van der Waals surface area contributed by atoms with Crippen molar-refractivity contribution in [1.29, 1.82) is 0 Å². The number of anilines is 1. The third kappa shape index (κ3) is 2.45. The molecule has 0 aliphatic heterocycles. The molecule has 0 atom stereocenters. The van der Waals surface area contributed by atoms with Gasteiger partial charge in [-0.25, -0.2) is 15.0 Å². The van der Waals surface area contributed by atoms with Crippen LogP contribution in [0.25, 0.3) is 0 Å². The molecule has 0 unspecified atom stereocenters. The van der Waals surface area contributed by atoms with E-state index in [2.05, 4.69) is 28.7 Å². The van der Waals surface area contributed by atoms with Gasteiger partial charge in [0, 0.05) is 25.3 Å². The van der Waals surface area contributed by atoms with Crippen LogP contribution in [0, 0.1) is 12.8 Å². The number of nitrogens with zero attached hydrogens (tertiary/aromatic N) is 4. The maximum atomic E-state index is 4.22. The molecule has 0 bridgehead atoms. The first-order valence-corrected chi connectivity index (χ1v) is 5.43. The van der Waals surface area contributed by atoms with E-state index in [1.165, 1.54) is 18.4 Å². The summed E-state index contributed by atoms with van der Waals surface area (Å²) in [5, 5.41) is 5.55. The summed E-state index contributed by atoms with van der Waals surface area (Å²) in [7, 11) is 0. The van der Waals surface area contributed by atoms with Crippen molar-refractivity contribution in [1.82, 2.24) is 9.97 Å². The average molecular weight is 216 g/mol. The molecule has 0 radical (unpaired) electrons. The molecule has 16 heavy (non-hydrogen) atoms. The molecule has 84 valence electrons. The van der Waals surface area contributed by atoms with Gasteiger partial charge in [0.15, 0.2) is 0 Å². The van der Waals surface area contributed by atoms with Crippen molar-refractivity contribution in [2.75, 3.05) is 5.01 Å². The molecule has 1 aliphatic rings. The van der Waals surface area contributed by atoms with Gasteiger partial charge < -0.3 is 0 Å². The van der Waals surface area contributed by atoms with E-state index in [0.717, 1.165) is 11.5 Å². The fraction of sp³-hybridized carbons (Fsp3) is 0.417. The van der Waals surface area contributed by atoms with E-state index < -0.39 is 0 Å². The molecular formula is C12H16N4. The van der Waals surface area contributed by atoms with Crippen LogP contribution in [0.3, 0.4) is 0 Å². The molecule has 1 heterocycles. The molecule has 0 aromatic carbocycles. The molecule has 1 aromatic rings. The third-order valence-electron chi connectivity index (χ3n) is 2.67. The van der Waals surface area contributed by atoms with Crippen LogP contribution in [-0.4, -0.2) is 16.7 Å². The Kier molecular flexibility index (Phi) is 2.99. The van der Waals surface area contributed by atoms with E-state index in [9.17, 15) is 0 Å². The zero-order valence-corrected chi connectivity index (χ0v) is 9.72. The standard InChI is InChI=1S/C12H16N4/c1-9-6-14-12(15-7-9)16(13-3)8-10(2)11-4-5-11/h6-8,11H,3-5H2,1-2H3/b10-8+. The largest absolute Gasteiger partial charge is 0.250 e. The first-order valence-electron chi connectivity index (χ1n) is 5.43. The Hall–Kier alpha value is -1.71. The van der Waals surface area contributed by atoms with Gasteiger partial charge in [-0.05, 0) is 38.2 Å². The van der Waals surface area contributed by atoms with Gasteiger partial charge in [0.05, 0.1) is 0 Å². The van der Waals surface area contributed by atoms with Gasteiger partial charge in [-0.1, -0.05) is 5.57 Å². The lowest BCUT2D eigenvalue weighted by molar-refractivity contribution is 0.924. The smallest absolute Gasteiger partial charge is 0.219 e. The fourth-order valence-electron chi connectivity index (χ4n) is 1.50. The highest BCUT2D eigenvalue weighted by Gasteiger charge is 2.23. The molecule has 4 heteroatoms. The Bertz CT molecular complexity index is 404. The number of hydrogen-bond acceptors (Lipinski definition) is 4. The Labute approximate surface area is 95.7 Å². The summed E-state index contributed by atoms with van der Waals surface area (Å²) in [5.41, 5.74) is 2.35. The van der Waals surface area contributed by atoms with Crippen LogP contribution in [-0.2, 0) is 0 Å². The average Bonchev–Trinajstić information content (AvgIpc) is 3.11. The Balaban J connectivity index is 2.18. The van der Waals surface area contributed by atoms with Crippen LogP contribution in [0.1, 0.15) is 25.3 Å². The number of aryl methyl sites for hydroxylation is 1. The Morgan fingerprint density at radius 3 is 2.62 bits per heavy atom. The first-order chi connectivity index (χ1) is 7.70. The van der Waals surface area contributed by atoms with E-state index in [1.807, 2.05) is 13.1 Å². The Morgan fingerprint density at radius 2 is 2.12 bits per heavy atom. The maximum Gasteiger partial charge on any atom is 0.250 e. The quantitative estimate of drug-likeness (QED) is 0.573. The van der Waals surface area contributed by atoms with Gasteiger partial charge in [-0.15, -0.1) is 0 Å². The van der Waals surface area contributed by atoms with Crippen LogP contribution in [0.2, 0.25) is 0 Å². The first kappa shape index (κ1) is 10.8. The summed E-state index contributed by atoms with van der Waals surface area (Å²) >= 11 is 0. The molecule has 4 nitrogen and oxygen atoms in total. The van der Waals surface area contributed by atoms with Crippen LogP contribution >= 0.6 is 0 Å². The number of rotatable bonds is 4. The van der Waals surface area contributed by atoms with Crippen LogP contribution < -0.4 is 5.01 Å². The van der Waals surface area contributed by atoms with Crippen molar-refractivity contribution in [3.8, 4) is 0 Å². The lowest BCUT2D eigenvalue weighted by Gasteiger charge is -2.12. The normalized spacial score (nSPS) is 16.0. The SMILES string of the molecule is C=NN(/C=C(\C)C1CC1)c1ncc(C)cn1. The molecule has 0 amide bonds. The van der Waals surface area contributed by atoms with Gasteiger partial charge >= 0.3 is 0 Å². The highest BCUT2D eigenvalue weighted by molar-refractivity contribution is 5.40. The van der Waals surface area contributed by atoms with Crippen molar-refractivity contribution in [3.63, 3.8) is 0 Å². The van der Waals surface area contributed by atoms with Gasteiger partial charge in [-0.3, -0.25) is 0 Å². The van der Waals surface area contributed by atoms with Crippen molar-refractivity contribution in [2.24, 2.45) is 11.0 Å². The predicted molar refractivity (Wildman–Crippen MR) is 65.3 cm³/mol. The van der Waals surface area contributed by atoms with E-state index >= 15 is 0 Å². The van der Waals surface area contributed by atoms with Gasteiger partial charge in [0.1, 0.15) is 0 Å². The second kappa shape index (κ2) is 4.43. The zero-order chi connectivity index (χ0) is 11.5. The Morgan fingerprint density at radius 1 is 1.50 bits per heavy atom. The summed E-state index contributed by atoms with van der Waals surface area (Å²) in [6.45, 7) is 7.62. The summed E-state index contributed by atoms with van der Waals surface area (Å²) in [4.78, 5) is 8.44. The van der Waals surface area contributed by atoms with Gasteiger partial charge in [0.25, 0.3) is 0 Å². The summed E-state index contributed by atoms with van der Waals surface area (Å²) < 4.78 is 0. The van der Waals surface area contributed by atoms with E-state index in [4.69, 9.17) is 0 Å². The topological polar surface area (TPSA) is 41.4 Å². The predicted octanol–water partition coefficient (Wildman–Crippen LogP) is 2.52. The van der Waals surface area contributed by atoms with Gasteiger partial charge in [-0.2, -0.15) is 5.10 Å². The molecule has 1 saturated carbocycles. The molecule has 0 spiro atoms. The molecule has 0 saturated heterocycles. The molecule has 1 aliphatic carbocycles. The lowest BCUT2D eigenvalue weighted by atomic mass is 10.2.